The third-order valence-corrected chi connectivity index (χ3v) is 2.67. The first-order valence-corrected chi connectivity index (χ1v) is 5.82. The van der Waals surface area contributed by atoms with Crippen LogP contribution >= 0.6 is 0 Å². The second-order valence-corrected chi connectivity index (χ2v) is 4.24. The minimum absolute atomic E-state index is 0.319. The Bertz CT molecular complexity index is 619. The van der Waals surface area contributed by atoms with Crippen LogP contribution in [0.25, 0.3) is 11.3 Å². The van der Waals surface area contributed by atoms with Crippen molar-refractivity contribution >= 4 is 11.7 Å². The number of nitrogens with zero attached hydrogens (tertiary/aromatic N) is 3. The van der Waals surface area contributed by atoms with E-state index in [0.717, 1.165) is 17.0 Å². The number of primary amides is 1. The number of aromatic nitrogens is 3. The van der Waals surface area contributed by atoms with Crippen LogP contribution in [0.4, 0.5) is 5.82 Å². The van der Waals surface area contributed by atoms with E-state index in [1.807, 2.05) is 26.0 Å². The molecule has 1 amide bonds. The zero-order chi connectivity index (χ0) is 14.0. The van der Waals surface area contributed by atoms with Crippen LogP contribution in [0, 0.1) is 13.8 Å². The number of aryl methyl sites for hydroxylation is 2. The van der Waals surface area contributed by atoms with Gasteiger partial charge >= 0.3 is 0 Å². The number of hydrogen-bond donors (Lipinski definition) is 2. The van der Waals surface area contributed by atoms with E-state index >= 15 is 0 Å². The van der Waals surface area contributed by atoms with Crippen LogP contribution in [-0.2, 0) is 0 Å². The Morgan fingerprint density at radius 2 is 1.79 bits per heavy atom. The second-order valence-electron chi connectivity index (χ2n) is 4.24. The highest BCUT2D eigenvalue weighted by Gasteiger charge is 2.12. The Labute approximate surface area is 111 Å². The summed E-state index contributed by atoms with van der Waals surface area (Å²) in [5, 5.41) is 10.9. The number of nitrogens with two attached hydrogens (primary N) is 1. The largest absolute Gasteiger partial charge is 0.371 e. The number of rotatable bonds is 3. The van der Waals surface area contributed by atoms with Gasteiger partial charge in [-0.15, -0.1) is 10.2 Å². The molecule has 2 aromatic rings. The van der Waals surface area contributed by atoms with Gasteiger partial charge in [0.2, 0.25) is 0 Å². The van der Waals surface area contributed by atoms with Gasteiger partial charge in [0.1, 0.15) is 0 Å². The molecule has 0 radical (unpaired) electrons. The van der Waals surface area contributed by atoms with E-state index in [1.54, 1.807) is 13.1 Å². The Kier molecular flexibility index (Phi) is 3.41. The fourth-order valence-electron chi connectivity index (χ4n) is 1.89. The summed E-state index contributed by atoms with van der Waals surface area (Å²) >= 11 is 0. The van der Waals surface area contributed by atoms with Crippen molar-refractivity contribution in [2.24, 2.45) is 5.73 Å². The highest BCUT2D eigenvalue weighted by molar-refractivity contribution is 5.98. The second kappa shape index (κ2) is 5.01. The van der Waals surface area contributed by atoms with Gasteiger partial charge in [-0.25, -0.2) is 0 Å². The molecule has 0 bridgehead atoms. The molecule has 2 aromatic heterocycles. The molecule has 2 heterocycles. The number of nitrogens with one attached hydrogen (secondary N) is 1. The fourth-order valence-corrected chi connectivity index (χ4v) is 1.89. The first-order chi connectivity index (χ1) is 9.01. The van der Waals surface area contributed by atoms with Crippen molar-refractivity contribution < 1.29 is 4.79 Å². The van der Waals surface area contributed by atoms with Crippen molar-refractivity contribution in [3.8, 4) is 11.3 Å². The molecule has 0 aliphatic carbocycles. The maximum absolute atomic E-state index is 11.4. The lowest BCUT2D eigenvalue weighted by atomic mass is 10.1. The molecular weight excluding hydrogens is 242 g/mol. The predicted octanol–water partition coefficient (Wildman–Crippen LogP) is 1.30. The van der Waals surface area contributed by atoms with E-state index in [0.29, 0.717) is 17.1 Å². The molecule has 0 aliphatic rings. The third-order valence-electron chi connectivity index (χ3n) is 2.67. The summed E-state index contributed by atoms with van der Waals surface area (Å²) in [6.45, 7) is 3.81. The van der Waals surface area contributed by atoms with E-state index in [4.69, 9.17) is 5.73 Å². The molecule has 0 aliphatic heterocycles. The number of carbonyl (C=O) groups excluding carboxylic acids is 1. The fraction of sp³-hybridized carbons (Fsp3) is 0.231. The Morgan fingerprint density at radius 3 is 2.32 bits per heavy atom. The zero-order valence-corrected chi connectivity index (χ0v) is 11.1. The van der Waals surface area contributed by atoms with Crippen LogP contribution in [0.15, 0.2) is 18.2 Å². The van der Waals surface area contributed by atoms with Crippen molar-refractivity contribution in [1.29, 1.82) is 0 Å². The quantitative estimate of drug-likeness (QED) is 0.864. The van der Waals surface area contributed by atoms with Crippen molar-refractivity contribution in [2.75, 3.05) is 12.4 Å². The summed E-state index contributed by atoms with van der Waals surface area (Å²) in [7, 11) is 1.66. The molecule has 0 saturated heterocycles. The summed E-state index contributed by atoms with van der Waals surface area (Å²) in [5.74, 6) is -0.165. The highest BCUT2D eigenvalue weighted by atomic mass is 16.1. The normalized spacial score (nSPS) is 10.3. The average molecular weight is 257 g/mol. The van der Waals surface area contributed by atoms with Crippen molar-refractivity contribution in [2.45, 2.75) is 13.8 Å². The predicted molar refractivity (Wildman–Crippen MR) is 72.8 cm³/mol. The molecule has 98 valence electrons. The molecule has 0 unspecified atom stereocenters. The van der Waals surface area contributed by atoms with Gasteiger partial charge in [0.15, 0.2) is 5.82 Å². The lowest BCUT2D eigenvalue weighted by Gasteiger charge is -2.07. The first kappa shape index (κ1) is 12.9. The molecule has 6 nitrogen and oxygen atoms in total. The molecule has 3 N–H and O–H groups in total. The lowest BCUT2D eigenvalue weighted by molar-refractivity contribution is 0.100. The van der Waals surface area contributed by atoms with Gasteiger partial charge in [0, 0.05) is 24.0 Å². The summed E-state index contributed by atoms with van der Waals surface area (Å²) in [6.07, 6.45) is 0. The smallest absolute Gasteiger partial charge is 0.252 e. The first-order valence-electron chi connectivity index (χ1n) is 5.82. The van der Waals surface area contributed by atoms with Gasteiger partial charge in [-0.1, -0.05) is 0 Å². The van der Waals surface area contributed by atoms with Gasteiger partial charge in [0.25, 0.3) is 5.91 Å². The van der Waals surface area contributed by atoms with Gasteiger partial charge < -0.3 is 11.1 Å². The molecule has 0 atom stereocenters. The van der Waals surface area contributed by atoms with Crippen LogP contribution in [0.2, 0.25) is 0 Å². The number of hydrogen-bond acceptors (Lipinski definition) is 5. The summed E-state index contributed by atoms with van der Waals surface area (Å²) < 4.78 is 0. The summed E-state index contributed by atoms with van der Waals surface area (Å²) in [4.78, 5) is 15.7. The maximum atomic E-state index is 11.4. The topological polar surface area (TPSA) is 93.8 Å². The zero-order valence-electron chi connectivity index (χ0n) is 11.1. The molecule has 6 heteroatoms. The van der Waals surface area contributed by atoms with E-state index in [1.165, 1.54) is 0 Å². The van der Waals surface area contributed by atoms with Crippen LogP contribution in [0.5, 0.6) is 0 Å². The van der Waals surface area contributed by atoms with E-state index in [2.05, 4.69) is 20.5 Å². The minimum atomic E-state index is -0.539. The van der Waals surface area contributed by atoms with Crippen molar-refractivity contribution in [1.82, 2.24) is 15.2 Å². The van der Waals surface area contributed by atoms with Gasteiger partial charge in [0.05, 0.1) is 11.3 Å². The standard InChI is InChI=1S/C13H15N5O/c1-7-4-9(5-8(2)16-7)11-6-10(12(14)19)13(15-3)18-17-11/h4-6H,1-3H3,(H2,14,19)(H,15,18). The number of pyridine rings is 1. The average Bonchev–Trinajstić information content (AvgIpc) is 2.36. The maximum Gasteiger partial charge on any atom is 0.252 e. The van der Waals surface area contributed by atoms with E-state index in [9.17, 15) is 4.79 Å². The molecule has 19 heavy (non-hydrogen) atoms. The molecular formula is C13H15N5O. The van der Waals surface area contributed by atoms with E-state index < -0.39 is 5.91 Å². The van der Waals surface area contributed by atoms with Gasteiger partial charge in [-0.05, 0) is 32.0 Å². The van der Waals surface area contributed by atoms with E-state index in [-0.39, 0.29) is 0 Å². The summed E-state index contributed by atoms with van der Waals surface area (Å²) in [5.41, 5.74) is 8.89. The molecule has 2 rings (SSSR count). The Balaban J connectivity index is 2.57. The van der Waals surface area contributed by atoms with Crippen LogP contribution < -0.4 is 11.1 Å². The summed E-state index contributed by atoms with van der Waals surface area (Å²) in [6, 6.07) is 5.41. The van der Waals surface area contributed by atoms with Crippen molar-refractivity contribution in [3.63, 3.8) is 0 Å². The van der Waals surface area contributed by atoms with Crippen LogP contribution in [-0.4, -0.2) is 28.1 Å². The Hall–Kier alpha value is -2.50. The highest BCUT2D eigenvalue weighted by Crippen LogP contribution is 2.21. The molecule has 0 fully saturated rings. The van der Waals surface area contributed by atoms with Gasteiger partial charge in [-0.2, -0.15) is 0 Å². The molecule has 0 spiro atoms. The number of amides is 1. The van der Waals surface area contributed by atoms with Crippen LogP contribution in [0.3, 0.4) is 0 Å². The lowest BCUT2D eigenvalue weighted by Crippen LogP contribution is -2.15. The van der Waals surface area contributed by atoms with Crippen LogP contribution in [0.1, 0.15) is 21.7 Å². The minimum Gasteiger partial charge on any atom is -0.371 e. The SMILES string of the molecule is CNc1nnc(-c2cc(C)nc(C)c2)cc1C(N)=O. The monoisotopic (exact) mass is 257 g/mol. The van der Waals surface area contributed by atoms with Crippen molar-refractivity contribution in [3.05, 3.63) is 35.2 Å². The molecule has 0 saturated carbocycles. The number of anilines is 1. The van der Waals surface area contributed by atoms with Gasteiger partial charge in [-0.3, -0.25) is 9.78 Å². The third kappa shape index (κ3) is 2.67. The molecule has 0 aromatic carbocycles. The number of carbonyl (C=O) groups is 1. The Morgan fingerprint density at radius 1 is 1.16 bits per heavy atom.